The zero-order valence-corrected chi connectivity index (χ0v) is 21.2. The fraction of sp³-hybridized carbons (Fsp3) is 0.500. The number of carbonyl (C=O) groups is 1. The molecule has 1 N–H and O–H groups in total. The third kappa shape index (κ3) is 6.37. The topological polar surface area (TPSA) is 91.8 Å². The molecule has 1 fully saturated rings. The summed E-state index contributed by atoms with van der Waals surface area (Å²) in [6.07, 6.45) is -0.326. The van der Waals surface area contributed by atoms with Crippen molar-refractivity contribution < 1.29 is 22.3 Å². The lowest BCUT2D eigenvalue weighted by Crippen LogP contribution is -2.50. The minimum atomic E-state index is -3.81. The summed E-state index contributed by atoms with van der Waals surface area (Å²) in [4.78, 5) is 20.7. The Kier molecular flexibility index (Phi) is 7.70. The predicted octanol–water partition coefficient (Wildman–Crippen LogP) is 4.32. The molecule has 0 unspecified atom stereocenters. The van der Waals surface area contributed by atoms with E-state index in [1.165, 1.54) is 12.1 Å². The lowest BCUT2D eigenvalue weighted by Gasteiger charge is -2.36. The van der Waals surface area contributed by atoms with Crippen molar-refractivity contribution in [2.45, 2.75) is 51.0 Å². The van der Waals surface area contributed by atoms with E-state index in [1.54, 1.807) is 43.0 Å². The van der Waals surface area contributed by atoms with Gasteiger partial charge in [-0.2, -0.15) is 0 Å². The number of aryl methyl sites for hydroxylation is 1. The summed E-state index contributed by atoms with van der Waals surface area (Å²) in [5.41, 5.74) is 1.14. The highest BCUT2D eigenvalue weighted by Gasteiger charge is 2.26. The molecule has 1 aromatic carbocycles. The molecule has 1 atom stereocenters. The number of rotatable bonds is 6. The van der Waals surface area contributed by atoms with Gasteiger partial charge in [-0.3, -0.25) is 9.11 Å². The van der Waals surface area contributed by atoms with Crippen molar-refractivity contribution in [3.63, 3.8) is 0 Å². The minimum Gasteiger partial charge on any atom is -0.444 e. The van der Waals surface area contributed by atoms with Gasteiger partial charge in [-0.25, -0.2) is 18.2 Å². The van der Waals surface area contributed by atoms with Crippen LogP contribution in [0.15, 0.2) is 41.3 Å². The number of alkyl halides is 1. The number of ether oxygens (including phenoxy) is 1. The molecule has 2 heterocycles. The van der Waals surface area contributed by atoms with Gasteiger partial charge in [-0.15, -0.1) is 0 Å². The SMILES string of the molecule is Cc1nc(N2CCN(C(=O)OC(C)(C)C)CC2)ccc1NS(=O)(=O)c1ccc([C@H](C)CF)cc1. The summed E-state index contributed by atoms with van der Waals surface area (Å²) in [7, 11) is -3.81. The molecule has 0 bridgehead atoms. The van der Waals surface area contributed by atoms with Gasteiger partial charge in [0.05, 0.1) is 23.0 Å². The molecular weight excluding hydrogens is 459 g/mol. The number of benzene rings is 1. The number of aromatic nitrogens is 1. The highest BCUT2D eigenvalue weighted by Crippen LogP contribution is 2.24. The Morgan fingerprint density at radius 1 is 1.12 bits per heavy atom. The maximum atomic E-state index is 12.9. The molecule has 10 heteroatoms. The van der Waals surface area contributed by atoms with Crippen molar-refractivity contribution in [1.29, 1.82) is 0 Å². The maximum absolute atomic E-state index is 12.9. The first-order valence-corrected chi connectivity index (χ1v) is 12.8. The first-order valence-electron chi connectivity index (χ1n) is 11.3. The molecule has 1 saturated heterocycles. The third-order valence-electron chi connectivity index (χ3n) is 5.56. The minimum absolute atomic E-state index is 0.101. The van der Waals surface area contributed by atoms with Crippen molar-refractivity contribution in [2.24, 2.45) is 0 Å². The molecule has 34 heavy (non-hydrogen) atoms. The van der Waals surface area contributed by atoms with E-state index in [0.29, 0.717) is 43.4 Å². The van der Waals surface area contributed by atoms with Crippen LogP contribution in [-0.4, -0.2) is 62.8 Å². The zero-order valence-electron chi connectivity index (χ0n) is 20.3. The van der Waals surface area contributed by atoms with Gasteiger partial charge in [-0.1, -0.05) is 19.1 Å². The molecule has 186 valence electrons. The lowest BCUT2D eigenvalue weighted by molar-refractivity contribution is 0.0240. The normalized spacial score (nSPS) is 15.7. The fourth-order valence-electron chi connectivity index (χ4n) is 3.54. The summed E-state index contributed by atoms with van der Waals surface area (Å²) >= 11 is 0. The Hall–Kier alpha value is -2.88. The first-order chi connectivity index (χ1) is 15.9. The van der Waals surface area contributed by atoms with Crippen LogP contribution in [0.2, 0.25) is 0 Å². The monoisotopic (exact) mass is 492 g/mol. The molecule has 1 aromatic heterocycles. The molecule has 1 aliphatic rings. The van der Waals surface area contributed by atoms with E-state index in [2.05, 4.69) is 14.6 Å². The van der Waals surface area contributed by atoms with Crippen LogP contribution in [0, 0.1) is 6.92 Å². The molecule has 1 aliphatic heterocycles. The van der Waals surface area contributed by atoms with Gasteiger partial charge in [-0.05, 0) is 57.5 Å². The van der Waals surface area contributed by atoms with Crippen LogP contribution in [0.5, 0.6) is 0 Å². The van der Waals surface area contributed by atoms with Gasteiger partial charge in [0.15, 0.2) is 0 Å². The highest BCUT2D eigenvalue weighted by molar-refractivity contribution is 7.92. The van der Waals surface area contributed by atoms with Gasteiger partial charge in [0.2, 0.25) is 0 Å². The number of carbonyl (C=O) groups excluding carboxylic acids is 1. The summed E-state index contributed by atoms with van der Waals surface area (Å²) in [5, 5.41) is 0. The number of nitrogens with one attached hydrogen (secondary N) is 1. The Balaban J connectivity index is 1.65. The summed E-state index contributed by atoms with van der Waals surface area (Å²) < 4.78 is 46.5. The van der Waals surface area contributed by atoms with Gasteiger partial charge in [0.25, 0.3) is 10.0 Å². The predicted molar refractivity (Wildman–Crippen MR) is 131 cm³/mol. The maximum Gasteiger partial charge on any atom is 0.410 e. The highest BCUT2D eigenvalue weighted by atomic mass is 32.2. The van der Waals surface area contributed by atoms with Crippen LogP contribution >= 0.6 is 0 Å². The number of anilines is 2. The molecule has 3 rings (SSSR count). The van der Waals surface area contributed by atoms with E-state index in [9.17, 15) is 17.6 Å². The van der Waals surface area contributed by atoms with Crippen LogP contribution in [0.4, 0.5) is 20.7 Å². The number of sulfonamides is 1. The molecular formula is C24H33FN4O4S. The van der Waals surface area contributed by atoms with Crippen LogP contribution in [0.1, 0.15) is 44.9 Å². The number of piperazine rings is 1. The molecule has 0 saturated carbocycles. The molecule has 0 spiro atoms. The van der Waals surface area contributed by atoms with Crippen molar-refractivity contribution in [1.82, 2.24) is 9.88 Å². The van der Waals surface area contributed by atoms with Crippen LogP contribution in [0.3, 0.4) is 0 Å². The third-order valence-corrected chi connectivity index (χ3v) is 6.94. The van der Waals surface area contributed by atoms with Crippen molar-refractivity contribution in [2.75, 3.05) is 42.5 Å². The number of hydrogen-bond donors (Lipinski definition) is 1. The Labute approximate surface area is 201 Å². The van der Waals surface area contributed by atoms with E-state index in [-0.39, 0.29) is 16.9 Å². The van der Waals surface area contributed by atoms with E-state index in [1.807, 2.05) is 20.8 Å². The Morgan fingerprint density at radius 3 is 2.26 bits per heavy atom. The quantitative estimate of drug-likeness (QED) is 0.646. The molecule has 1 amide bonds. The average Bonchev–Trinajstić information content (AvgIpc) is 2.79. The van der Waals surface area contributed by atoms with Gasteiger partial charge in [0, 0.05) is 32.1 Å². The number of halogens is 1. The number of pyridine rings is 1. The molecule has 2 aromatic rings. The van der Waals surface area contributed by atoms with E-state index < -0.39 is 22.3 Å². The number of amides is 1. The van der Waals surface area contributed by atoms with Crippen molar-refractivity contribution >= 4 is 27.6 Å². The van der Waals surface area contributed by atoms with Gasteiger partial charge in [0.1, 0.15) is 11.4 Å². The van der Waals surface area contributed by atoms with Gasteiger partial charge < -0.3 is 14.5 Å². The van der Waals surface area contributed by atoms with Crippen molar-refractivity contribution in [3.05, 3.63) is 47.7 Å². The van der Waals surface area contributed by atoms with Gasteiger partial charge >= 0.3 is 6.09 Å². The van der Waals surface area contributed by atoms with E-state index in [4.69, 9.17) is 4.74 Å². The second kappa shape index (κ2) is 10.2. The number of nitrogens with zero attached hydrogens (tertiary/aromatic N) is 3. The first kappa shape index (κ1) is 25.7. The second-order valence-corrected chi connectivity index (χ2v) is 11.2. The Bertz CT molecular complexity index is 1110. The zero-order chi connectivity index (χ0) is 25.1. The standard InChI is InChI=1S/C24H33FN4O4S/c1-17(16-25)19-6-8-20(9-7-19)34(31,32)27-21-10-11-22(26-18(21)2)28-12-14-29(15-13-28)23(30)33-24(3,4)5/h6-11,17,27H,12-16H2,1-5H3/t17-/m1/s1. The fourth-order valence-corrected chi connectivity index (χ4v) is 4.66. The second-order valence-electron chi connectivity index (χ2n) is 9.49. The summed E-state index contributed by atoms with van der Waals surface area (Å²) in [6.45, 7) is 10.7. The van der Waals surface area contributed by atoms with Crippen molar-refractivity contribution in [3.8, 4) is 0 Å². The largest absolute Gasteiger partial charge is 0.444 e. The summed E-state index contributed by atoms with van der Waals surface area (Å²) in [6, 6.07) is 9.67. The van der Waals surface area contributed by atoms with Crippen LogP contribution < -0.4 is 9.62 Å². The van der Waals surface area contributed by atoms with Crippen LogP contribution in [-0.2, 0) is 14.8 Å². The smallest absolute Gasteiger partial charge is 0.410 e. The number of hydrogen-bond acceptors (Lipinski definition) is 6. The van der Waals surface area contributed by atoms with E-state index >= 15 is 0 Å². The summed E-state index contributed by atoms with van der Waals surface area (Å²) in [5.74, 6) is 0.434. The molecule has 8 nitrogen and oxygen atoms in total. The van der Waals surface area contributed by atoms with Crippen LogP contribution in [0.25, 0.3) is 0 Å². The Morgan fingerprint density at radius 2 is 1.74 bits per heavy atom. The lowest BCUT2D eigenvalue weighted by atomic mass is 10.0. The average molecular weight is 493 g/mol. The molecule has 0 radical (unpaired) electrons. The molecule has 0 aliphatic carbocycles. The van der Waals surface area contributed by atoms with E-state index in [0.717, 1.165) is 5.56 Å².